The monoisotopic (exact) mass is 909 g/mol. The van der Waals surface area contributed by atoms with Crippen LogP contribution in [0.25, 0.3) is 6.08 Å². The molecule has 0 N–H and O–H groups in total. The fourth-order valence-electron chi connectivity index (χ4n) is 7.88. The smallest absolute Gasteiger partial charge is 0.339 e. The largest absolute Gasteiger partial charge is 0.462 e. The van der Waals surface area contributed by atoms with Crippen molar-refractivity contribution in [3.05, 3.63) is 113 Å². The number of benzene rings is 3. The number of hydrogen-bond donors (Lipinski definition) is 0. The van der Waals surface area contributed by atoms with Crippen molar-refractivity contribution >= 4 is 47.1 Å². The van der Waals surface area contributed by atoms with Gasteiger partial charge in [0, 0.05) is 31.7 Å². The van der Waals surface area contributed by atoms with Gasteiger partial charge in [-0.1, -0.05) is 178 Å². The van der Waals surface area contributed by atoms with Crippen LogP contribution in [0.15, 0.2) is 91.0 Å². The highest BCUT2D eigenvalue weighted by atomic mass is 28.4. The predicted molar refractivity (Wildman–Crippen MR) is 273 cm³/mol. The standard InChI is InChI=1S/C54H80O6Si3/c1-18-19-27-43-36-34-41(3)49(51(55)56-38-39-61(13,14)15)46(43)32-26-33-47-50(58-54(11,12)57-47)48(60-62(16,17)52(5,6)7)37-35-40(2)42(4)59-63(53(8,9)10,44-28-22-20-23-29-44)45-30-24-21-25-31-45/h20-26,28-32,34-37,40,42,47-48,50H,18,33,38-39H2,1-17H3/b32-26+,37-35-/t40-,42+,47-,48?,50+/m1/s1. The summed E-state index contributed by atoms with van der Waals surface area (Å²) < 4.78 is 34.3. The van der Waals surface area contributed by atoms with Crippen LogP contribution in [0.1, 0.15) is 116 Å². The van der Waals surface area contributed by atoms with Crippen molar-refractivity contribution in [1.82, 2.24) is 0 Å². The fourth-order valence-corrected chi connectivity index (χ4v) is 14.6. The Morgan fingerprint density at radius 1 is 0.825 bits per heavy atom. The van der Waals surface area contributed by atoms with Gasteiger partial charge in [-0.15, -0.1) is 0 Å². The molecule has 3 aromatic rings. The summed E-state index contributed by atoms with van der Waals surface area (Å²) in [5.41, 5.74) is 3.02. The number of ether oxygens (including phenoxy) is 3. The zero-order chi connectivity index (χ0) is 47.0. The van der Waals surface area contributed by atoms with Crippen LogP contribution in [-0.2, 0) is 23.1 Å². The van der Waals surface area contributed by atoms with Crippen molar-refractivity contribution in [2.24, 2.45) is 5.92 Å². The van der Waals surface area contributed by atoms with E-state index in [0.29, 0.717) is 25.0 Å². The van der Waals surface area contributed by atoms with Gasteiger partial charge < -0.3 is 23.1 Å². The highest BCUT2D eigenvalue weighted by Gasteiger charge is 2.52. The van der Waals surface area contributed by atoms with Gasteiger partial charge in [0.15, 0.2) is 14.1 Å². The molecule has 0 bridgehead atoms. The van der Waals surface area contributed by atoms with E-state index in [1.165, 1.54) is 10.4 Å². The minimum Gasteiger partial charge on any atom is -0.462 e. The first-order valence-electron chi connectivity index (χ1n) is 23.2. The highest BCUT2D eigenvalue weighted by Crippen LogP contribution is 2.42. The molecule has 0 saturated carbocycles. The maximum atomic E-state index is 13.7. The lowest BCUT2D eigenvalue weighted by Crippen LogP contribution is -2.67. The van der Waals surface area contributed by atoms with Gasteiger partial charge in [-0.2, -0.15) is 0 Å². The second-order valence-electron chi connectivity index (χ2n) is 21.7. The Labute approximate surface area is 385 Å². The molecule has 0 aromatic heterocycles. The third kappa shape index (κ3) is 13.6. The molecule has 9 heteroatoms. The molecule has 1 aliphatic rings. The molecule has 0 amide bonds. The molecule has 1 fully saturated rings. The Hall–Kier alpha value is -3.34. The molecule has 3 aromatic carbocycles. The van der Waals surface area contributed by atoms with Gasteiger partial charge in [0.05, 0.1) is 24.4 Å². The van der Waals surface area contributed by atoms with Crippen LogP contribution < -0.4 is 10.4 Å². The number of carbonyl (C=O) groups is 1. The minimum atomic E-state index is -2.78. The molecule has 1 unspecified atom stereocenters. The van der Waals surface area contributed by atoms with Crippen molar-refractivity contribution in [2.45, 2.75) is 175 Å². The average Bonchev–Trinajstić information content (AvgIpc) is 3.50. The lowest BCUT2D eigenvalue weighted by atomic mass is 9.95. The van der Waals surface area contributed by atoms with Crippen LogP contribution >= 0.6 is 0 Å². The lowest BCUT2D eigenvalue weighted by molar-refractivity contribution is -0.151. The second kappa shape index (κ2) is 21.3. The van der Waals surface area contributed by atoms with Crippen LogP contribution in [-0.4, -0.2) is 67.5 Å². The van der Waals surface area contributed by atoms with Crippen LogP contribution in [0.2, 0.25) is 48.9 Å². The predicted octanol–water partition coefficient (Wildman–Crippen LogP) is 12.7. The molecule has 63 heavy (non-hydrogen) atoms. The van der Waals surface area contributed by atoms with Gasteiger partial charge in [0.25, 0.3) is 8.32 Å². The van der Waals surface area contributed by atoms with E-state index >= 15 is 0 Å². The van der Waals surface area contributed by atoms with E-state index in [4.69, 9.17) is 23.1 Å². The van der Waals surface area contributed by atoms with Gasteiger partial charge in [-0.3, -0.25) is 0 Å². The Morgan fingerprint density at radius 2 is 1.41 bits per heavy atom. The van der Waals surface area contributed by atoms with Crippen molar-refractivity contribution in [3.8, 4) is 11.8 Å². The Morgan fingerprint density at radius 3 is 1.94 bits per heavy atom. The second-order valence-corrected chi connectivity index (χ2v) is 36.3. The topological polar surface area (TPSA) is 63.2 Å². The van der Waals surface area contributed by atoms with E-state index in [0.717, 1.165) is 22.7 Å². The first-order chi connectivity index (χ1) is 29.2. The van der Waals surface area contributed by atoms with Crippen LogP contribution in [0.4, 0.5) is 0 Å². The first-order valence-corrected chi connectivity index (χ1v) is 31.7. The quantitative estimate of drug-likeness (QED) is 0.0582. The summed E-state index contributed by atoms with van der Waals surface area (Å²) in [6.45, 7) is 38.1. The van der Waals surface area contributed by atoms with E-state index in [9.17, 15) is 4.79 Å². The summed E-state index contributed by atoms with van der Waals surface area (Å²) in [4.78, 5) is 13.7. The van der Waals surface area contributed by atoms with Gasteiger partial charge in [-0.05, 0) is 91.3 Å². The summed E-state index contributed by atoms with van der Waals surface area (Å²) in [5, 5.41) is 2.36. The molecule has 0 spiro atoms. The molecule has 6 nitrogen and oxygen atoms in total. The minimum absolute atomic E-state index is 0.0318. The molecule has 1 heterocycles. The Bertz CT molecular complexity index is 2040. The number of rotatable bonds is 17. The third-order valence-corrected chi connectivity index (χ3v) is 24.0. The first kappa shape index (κ1) is 52.3. The number of aryl methyl sites for hydroxylation is 1. The Kier molecular flexibility index (Phi) is 17.7. The Balaban J connectivity index is 1.72. The van der Waals surface area contributed by atoms with Crippen molar-refractivity contribution in [3.63, 3.8) is 0 Å². The zero-order valence-electron chi connectivity index (χ0n) is 41.9. The molecule has 0 radical (unpaired) electrons. The van der Waals surface area contributed by atoms with Gasteiger partial charge >= 0.3 is 5.97 Å². The normalized spacial score (nSPS) is 18.9. The molecular formula is C54H80O6Si3. The van der Waals surface area contributed by atoms with Gasteiger partial charge in [-0.25, -0.2) is 4.79 Å². The lowest BCUT2D eigenvalue weighted by Gasteiger charge is -2.45. The van der Waals surface area contributed by atoms with Crippen molar-refractivity contribution in [1.29, 1.82) is 0 Å². The van der Waals surface area contributed by atoms with Crippen LogP contribution in [0.5, 0.6) is 0 Å². The summed E-state index contributed by atoms with van der Waals surface area (Å²) in [6.07, 6.45) is 8.68. The number of carbonyl (C=O) groups excluding carboxylic acids is 1. The van der Waals surface area contributed by atoms with E-state index in [1.54, 1.807) is 0 Å². The average molecular weight is 909 g/mol. The van der Waals surface area contributed by atoms with Gasteiger partial charge in [0.2, 0.25) is 0 Å². The van der Waals surface area contributed by atoms with Crippen LogP contribution in [0.3, 0.4) is 0 Å². The highest BCUT2D eigenvalue weighted by molar-refractivity contribution is 6.99. The summed E-state index contributed by atoms with van der Waals surface area (Å²) in [7, 11) is -6.48. The van der Waals surface area contributed by atoms with E-state index in [-0.39, 0.29) is 40.3 Å². The summed E-state index contributed by atoms with van der Waals surface area (Å²) >= 11 is 0. The molecule has 5 atom stereocenters. The van der Waals surface area contributed by atoms with E-state index in [1.807, 2.05) is 45.9 Å². The SMILES string of the molecule is CCC#Cc1ccc(C)c(C(=O)OCC[Si](C)(C)C)c1/C=C/C[C@H]1OC(C)(C)O[C@@H]1C(/C=C\[C@@H](C)[C@H](C)O[Si](c1ccccc1)(c1ccccc1)C(C)(C)C)O[Si](C)(C)C(C)(C)C. The molecule has 4 rings (SSSR count). The maximum Gasteiger partial charge on any atom is 0.339 e. The van der Waals surface area contributed by atoms with Crippen LogP contribution in [0, 0.1) is 24.7 Å². The van der Waals surface area contributed by atoms with E-state index < -0.39 is 36.6 Å². The fraction of sp³-hybridized carbons (Fsp3) is 0.537. The molecular weight excluding hydrogens is 829 g/mol. The zero-order valence-corrected chi connectivity index (χ0v) is 44.9. The number of esters is 1. The molecule has 1 aliphatic heterocycles. The summed E-state index contributed by atoms with van der Waals surface area (Å²) in [5.74, 6) is 5.45. The van der Waals surface area contributed by atoms with Gasteiger partial charge in [0.1, 0.15) is 6.10 Å². The van der Waals surface area contributed by atoms with E-state index in [2.05, 4.69) is 179 Å². The molecule has 0 aliphatic carbocycles. The third-order valence-electron chi connectivity index (χ3n) is 12.7. The molecule has 1 saturated heterocycles. The summed E-state index contributed by atoms with van der Waals surface area (Å²) in [6, 6.07) is 26.6. The maximum absolute atomic E-state index is 13.7. The molecule has 344 valence electrons. The van der Waals surface area contributed by atoms with Crippen molar-refractivity contribution < 1.29 is 27.9 Å². The number of hydrogen-bond acceptors (Lipinski definition) is 6. The van der Waals surface area contributed by atoms with Crippen molar-refractivity contribution in [2.75, 3.05) is 6.61 Å².